The van der Waals surface area contributed by atoms with Crippen molar-refractivity contribution in [2.24, 2.45) is 9.98 Å². The smallest absolute Gasteiger partial charge is 0.122 e. The van der Waals surface area contributed by atoms with Gasteiger partial charge in [-0.15, -0.1) is 23.2 Å². The molecule has 0 aromatic heterocycles. The number of para-hydroxylation sites is 4. The molecule has 0 amide bonds. The minimum absolute atomic E-state index is 0.194. The summed E-state index contributed by atoms with van der Waals surface area (Å²) in [6.07, 6.45) is 2.93. The molecule has 0 spiro atoms. The third-order valence-electron chi connectivity index (χ3n) is 6.81. The summed E-state index contributed by atoms with van der Waals surface area (Å²) in [5.41, 5.74) is 11.8. The zero-order valence-electron chi connectivity index (χ0n) is 26.2. The first-order valence-corrected chi connectivity index (χ1v) is 14.9. The van der Waals surface area contributed by atoms with E-state index in [0.717, 1.165) is 77.4 Å². The molecule has 0 radical (unpaired) electrons. The molecule has 0 aliphatic carbocycles. The number of alkyl halides is 2. The highest BCUT2D eigenvalue weighted by molar-refractivity contribution is 6.40. The van der Waals surface area contributed by atoms with Crippen LogP contribution in [0.25, 0.3) is 0 Å². The molecule has 6 nitrogen and oxygen atoms in total. The third-order valence-corrected chi connectivity index (χ3v) is 6.81. The Morgan fingerprint density at radius 3 is 0.930 bits per heavy atom. The summed E-state index contributed by atoms with van der Waals surface area (Å²) in [6, 6.07) is 23.9. The maximum atomic E-state index is 10.2. The van der Waals surface area contributed by atoms with Gasteiger partial charge in [-0.2, -0.15) is 0 Å². The van der Waals surface area contributed by atoms with E-state index in [2.05, 4.69) is 9.98 Å². The summed E-state index contributed by atoms with van der Waals surface area (Å²) in [4.78, 5) is 8.83. The predicted molar refractivity (Wildman–Crippen MR) is 185 cm³/mol. The van der Waals surface area contributed by atoms with Crippen LogP contribution in [0, 0.1) is 55.4 Å². The van der Waals surface area contributed by atoms with E-state index in [-0.39, 0.29) is 5.34 Å². The molecule has 0 saturated carbocycles. The standard InChI is InChI=1S/2C17H20N2O.CH2Cl2/c2*1-12-7-5-8-13(2)16(12)18-11-19(20)17-14(3)9-6-10-15(17)4;2-1-3/h2*5-11,20H,1-4H3;1H2. The SMILES string of the molecule is Cc1cccc(C)c1N=CN(O)c1c(C)cccc1C.Cc1cccc(C)c1N=CN(O)c1c(C)cccc1C.ClCCl. The van der Waals surface area contributed by atoms with Crippen LogP contribution in [0.15, 0.2) is 82.8 Å². The fourth-order valence-electron chi connectivity index (χ4n) is 4.69. The Kier molecular flexibility index (Phi) is 14.4. The normalized spacial score (nSPS) is 10.7. The average Bonchev–Trinajstić information content (AvgIpc) is 2.93. The Balaban J connectivity index is 0.000000275. The lowest BCUT2D eigenvalue weighted by Crippen LogP contribution is -2.17. The molecular weight excluding hydrogens is 579 g/mol. The van der Waals surface area contributed by atoms with Crippen LogP contribution < -0.4 is 10.1 Å². The second kappa shape index (κ2) is 17.4. The largest absolute Gasteiger partial charge is 0.283 e. The summed E-state index contributed by atoms with van der Waals surface area (Å²) >= 11 is 9.53. The van der Waals surface area contributed by atoms with Crippen molar-refractivity contribution in [2.45, 2.75) is 55.4 Å². The Bertz CT molecular complexity index is 1360. The number of hydrogen-bond acceptors (Lipinski definition) is 4. The fourth-order valence-corrected chi connectivity index (χ4v) is 4.69. The van der Waals surface area contributed by atoms with Gasteiger partial charge in [0, 0.05) is 0 Å². The van der Waals surface area contributed by atoms with Crippen molar-refractivity contribution >= 4 is 58.6 Å². The van der Waals surface area contributed by atoms with Crippen molar-refractivity contribution < 1.29 is 10.4 Å². The van der Waals surface area contributed by atoms with E-state index in [1.54, 1.807) is 0 Å². The van der Waals surface area contributed by atoms with Crippen LogP contribution in [0.1, 0.15) is 44.5 Å². The lowest BCUT2D eigenvalue weighted by atomic mass is 10.1. The van der Waals surface area contributed by atoms with Crippen LogP contribution in [0.4, 0.5) is 22.7 Å². The topological polar surface area (TPSA) is 71.7 Å². The number of halogens is 2. The molecule has 0 heterocycles. The van der Waals surface area contributed by atoms with Gasteiger partial charge in [-0.05, 0) is 99.9 Å². The lowest BCUT2D eigenvalue weighted by Gasteiger charge is -2.16. The molecule has 0 aliphatic rings. The van der Waals surface area contributed by atoms with Gasteiger partial charge in [-0.25, -0.2) is 20.1 Å². The monoisotopic (exact) mass is 620 g/mol. The van der Waals surface area contributed by atoms with E-state index >= 15 is 0 Å². The van der Waals surface area contributed by atoms with Crippen LogP contribution in [-0.2, 0) is 0 Å². The van der Waals surface area contributed by atoms with Crippen LogP contribution in [0.5, 0.6) is 0 Å². The fraction of sp³-hybridized carbons (Fsp3) is 0.257. The number of rotatable bonds is 6. The molecule has 0 aliphatic heterocycles. The van der Waals surface area contributed by atoms with Crippen molar-refractivity contribution in [3.05, 3.63) is 117 Å². The van der Waals surface area contributed by atoms with Crippen LogP contribution in [-0.4, -0.2) is 28.4 Å². The lowest BCUT2D eigenvalue weighted by molar-refractivity contribution is 0.315. The second-order valence-electron chi connectivity index (χ2n) is 10.2. The average molecular weight is 622 g/mol. The zero-order valence-corrected chi connectivity index (χ0v) is 27.7. The Morgan fingerprint density at radius 1 is 0.488 bits per heavy atom. The first-order chi connectivity index (χ1) is 20.4. The van der Waals surface area contributed by atoms with Crippen molar-refractivity contribution in [1.82, 2.24) is 0 Å². The van der Waals surface area contributed by atoms with E-state index < -0.39 is 0 Å². The molecule has 4 aromatic rings. The van der Waals surface area contributed by atoms with Gasteiger partial charge in [0.05, 0.1) is 28.1 Å². The summed E-state index contributed by atoms with van der Waals surface area (Å²) in [6.45, 7) is 15.9. The van der Waals surface area contributed by atoms with Gasteiger partial charge in [0.25, 0.3) is 0 Å². The molecule has 8 heteroatoms. The molecule has 228 valence electrons. The van der Waals surface area contributed by atoms with E-state index in [1.165, 1.54) is 12.7 Å². The van der Waals surface area contributed by atoms with E-state index in [9.17, 15) is 10.4 Å². The quantitative estimate of drug-likeness (QED) is 0.0973. The van der Waals surface area contributed by atoms with Crippen molar-refractivity contribution in [3.63, 3.8) is 0 Å². The maximum absolute atomic E-state index is 10.2. The number of hydrogen-bond donors (Lipinski definition) is 2. The highest BCUT2D eigenvalue weighted by Gasteiger charge is 2.09. The first kappa shape index (κ1) is 35.5. The Hall–Kier alpha value is -3.68. The maximum Gasteiger partial charge on any atom is 0.122 e. The van der Waals surface area contributed by atoms with Crippen LogP contribution in [0.3, 0.4) is 0 Å². The molecule has 0 bridgehead atoms. The number of nitrogens with zero attached hydrogens (tertiary/aromatic N) is 4. The van der Waals surface area contributed by atoms with E-state index in [1.807, 2.05) is 128 Å². The number of anilines is 2. The van der Waals surface area contributed by atoms with Crippen molar-refractivity contribution in [1.29, 1.82) is 0 Å². The molecule has 0 unspecified atom stereocenters. The minimum Gasteiger partial charge on any atom is -0.283 e. The van der Waals surface area contributed by atoms with Gasteiger partial charge >= 0.3 is 0 Å². The summed E-state index contributed by atoms with van der Waals surface area (Å²) in [5, 5.41) is 22.8. The van der Waals surface area contributed by atoms with E-state index in [0.29, 0.717) is 0 Å². The molecule has 0 saturated heterocycles. The molecular formula is C35H42Cl2N4O2. The van der Waals surface area contributed by atoms with Gasteiger partial charge in [0.2, 0.25) is 0 Å². The van der Waals surface area contributed by atoms with Crippen molar-refractivity contribution in [3.8, 4) is 0 Å². The number of aryl methyl sites for hydroxylation is 8. The van der Waals surface area contributed by atoms with Gasteiger partial charge in [0.15, 0.2) is 0 Å². The molecule has 4 rings (SSSR count). The van der Waals surface area contributed by atoms with E-state index in [4.69, 9.17) is 23.2 Å². The first-order valence-electron chi connectivity index (χ1n) is 13.8. The summed E-state index contributed by atoms with van der Waals surface area (Å²) in [7, 11) is 0. The van der Waals surface area contributed by atoms with Gasteiger partial charge < -0.3 is 0 Å². The van der Waals surface area contributed by atoms with Gasteiger partial charge in [0.1, 0.15) is 12.7 Å². The van der Waals surface area contributed by atoms with Gasteiger partial charge in [-0.1, -0.05) is 72.8 Å². The predicted octanol–water partition coefficient (Wildman–Crippen LogP) is 10.4. The highest BCUT2D eigenvalue weighted by atomic mass is 35.5. The zero-order chi connectivity index (χ0) is 32.1. The Labute approximate surface area is 266 Å². The second-order valence-corrected chi connectivity index (χ2v) is 11.0. The van der Waals surface area contributed by atoms with Gasteiger partial charge in [-0.3, -0.25) is 10.4 Å². The van der Waals surface area contributed by atoms with Crippen molar-refractivity contribution in [2.75, 3.05) is 15.5 Å². The molecule has 0 atom stereocenters. The number of aliphatic imine (C=N–C) groups is 2. The molecule has 4 aromatic carbocycles. The minimum atomic E-state index is 0.194. The summed E-state index contributed by atoms with van der Waals surface area (Å²) in [5.74, 6) is 0. The molecule has 0 fully saturated rings. The number of benzene rings is 4. The third kappa shape index (κ3) is 10.2. The Morgan fingerprint density at radius 2 is 0.698 bits per heavy atom. The van der Waals surface area contributed by atoms with Crippen LogP contribution in [0.2, 0.25) is 0 Å². The van der Waals surface area contributed by atoms with Crippen LogP contribution >= 0.6 is 23.2 Å². The molecule has 2 N–H and O–H groups in total. The summed E-state index contributed by atoms with van der Waals surface area (Å²) < 4.78 is 0. The number of hydroxylamine groups is 2. The molecule has 43 heavy (non-hydrogen) atoms. The highest BCUT2D eigenvalue weighted by Crippen LogP contribution is 2.26.